The summed E-state index contributed by atoms with van der Waals surface area (Å²) in [4.78, 5) is 16.7. The van der Waals surface area contributed by atoms with Crippen molar-refractivity contribution in [3.05, 3.63) is 43.3 Å². The van der Waals surface area contributed by atoms with Crippen molar-refractivity contribution in [1.82, 2.24) is 4.98 Å². The standard InChI is InChI=1S/C14H14BrNO2S/c1-8-4-12(15)5-11(6-17)14(8)18-7-13-16-9(2)10(3)19-13/h4-6H,7H2,1-3H3. The SMILES string of the molecule is Cc1cc(Br)cc(C=O)c1OCc1nc(C)c(C)s1. The number of thiazole rings is 1. The van der Waals surface area contributed by atoms with Gasteiger partial charge in [0.05, 0.1) is 11.3 Å². The maximum Gasteiger partial charge on any atom is 0.153 e. The van der Waals surface area contributed by atoms with Crippen LogP contribution in [-0.4, -0.2) is 11.3 Å². The summed E-state index contributed by atoms with van der Waals surface area (Å²) in [5.74, 6) is 0.628. The van der Waals surface area contributed by atoms with Gasteiger partial charge < -0.3 is 4.74 Å². The van der Waals surface area contributed by atoms with Gasteiger partial charge in [0.1, 0.15) is 17.4 Å². The lowest BCUT2D eigenvalue weighted by atomic mass is 10.1. The quantitative estimate of drug-likeness (QED) is 0.782. The fraction of sp³-hybridized carbons (Fsp3) is 0.286. The number of aryl methyl sites for hydroxylation is 3. The fourth-order valence-electron chi connectivity index (χ4n) is 1.78. The van der Waals surface area contributed by atoms with Gasteiger partial charge >= 0.3 is 0 Å². The number of hydrogen-bond acceptors (Lipinski definition) is 4. The van der Waals surface area contributed by atoms with E-state index in [1.54, 1.807) is 17.4 Å². The Morgan fingerprint density at radius 1 is 1.37 bits per heavy atom. The Kier molecular flexibility index (Phi) is 4.37. The first-order valence-corrected chi connectivity index (χ1v) is 7.43. The lowest BCUT2D eigenvalue weighted by Gasteiger charge is -2.10. The molecule has 0 fully saturated rings. The average Bonchev–Trinajstić information content (AvgIpc) is 2.66. The molecule has 0 radical (unpaired) electrons. The predicted molar refractivity (Wildman–Crippen MR) is 80.2 cm³/mol. The monoisotopic (exact) mass is 339 g/mol. The molecule has 2 rings (SSSR count). The third-order valence-corrected chi connectivity index (χ3v) is 4.31. The van der Waals surface area contributed by atoms with E-state index >= 15 is 0 Å². The molecule has 1 heterocycles. The molecule has 3 nitrogen and oxygen atoms in total. The molecular formula is C14H14BrNO2S. The molecule has 19 heavy (non-hydrogen) atoms. The summed E-state index contributed by atoms with van der Waals surface area (Å²) in [7, 11) is 0. The van der Waals surface area contributed by atoms with E-state index in [0.29, 0.717) is 17.9 Å². The Balaban J connectivity index is 2.21. The summed E-state index contributed by atoms with van der Waals surface area (Å²) in [5.41, 5.74) is 2.52. The van der Waals surface area contributed by atoms with Crippen molar-refractivity contribution in [3.63, 3.8) is 0 Å². The molecule has 0 bridgehead atoms. The van der Waals surface area contributed by atoms with Gasteiger partial charge in [-0.05, 0) is 38.5 Å². The number of ether oxygens (including phenoxy) is 1. The van der Waals surface area contributed by atoms with E-state index in [4.69, 9.17) is 4.74 Å². The smallest absolute Gasteiger partial charge is 0.153 e. The van der Waals surface area contributed by atoms with Crippen LogP contribution in [0.4, 0.5) is 0 Å². The number of hydrogen-bond donors (Lipinski definition) is 0. The number of halogens is 1. The van der Waals surface area contributed by atoms with Crippen molar-refractivity contribution in [2.75, 3.05) is 0 Å². The lowest BCUT2D eigenvalue weighted by Crippen LogP contribution is -2.00. The van der Waals surface area contributed by atoms with E-state index in [1.165, 1.54) is 4.88 Å². The number of rotatable bonds is 4. The van der Waals surface area contributed by atoms with Gasteiger partial charge in [0.25, 0.3) is 0 Å². The summed E-state index contributed by atoms with van der Waals surface area (Å²) in [6, 6.07) is 3.69. The minimum atomic E-state index is 0.392. The van der Waals surface area contributed by atoms with Crippen LogP contribution in [0.25, 0.3) is 0 Å². The minimum absolute atomic E-state index is 0.392. The molecule has 5 heteroatoms. The van der Waals surface area contributed by atoms with Gasteiger partial charge in [-0.2, -0.15) is 0 Å². The molecule has 0 unspecified atom stereocenters. The van der Waals surface area contributed by atoms with Gasteiger partial charge in [0, 0.05) is 9.35 Å². The molecule has 0 atom stereocenters. The number of aldehydes is 1. The van der Waals surface area contributed by atoms with Crippen LogP contribution in [0.3, 0.4) is 0 Å². The molecule has 0 aliphatic carbocycles. The zero-order chi connectivity index (χ0) is 14.0. The first-order chi connectivity index (χ1) is 9.01. The summed E-state index contributed by atoms with van der Waals surface area (Å²) >= 11 is 4.99. The molecule has 0 aliphatic heterocycles. The second-order valence-electron chi connectivity index (χ2n) is 4.30. The Hall–Kier alpha value is -1.20. The van der Waals surface area contributed by atoms with Crippen LogP contribution in [-0.2, 0) is 6.61 Å². The van der Waals surface area contributed by atoms with E-state index in [9.17, 15) is 4.79 Å². The largest absolute Gasteiger partial charge is 0.485 e. The van der Waals surface area contributed by atoms with E-state index in [0.717, 1.165) is 27.0 Å². The van der Waals surface area contributed by atoms with Crippen molar-refractivity contribution in [1.29, 1.82) is 0 Å². The molecule has 1 aromatic heterocycles. The Labute approximate surface area is 124 Å². The summed E-state index contributed by atoms with van der Waals surface area (Å²) in [5, 5.41) is 0.925. The maximum atomic E-state index is 11.1. The highest BCUT2D eigenvalue weighted by molar-refractivity contribution is 9.10. The normalized spacial score (nSPS) is 10.5. The summed E-state index contributed by atoms with van der Waals surface area (Å²) in [6.45, 7) is 6.34. The van der Waals surface area contributed by atoms with E-state index in [1.807, 2.05) is 26.8 Å². The average molecular weight is 340 g/mol. The number of benzene rings is 1. The second-order valence-corrected chi connectivity index (χ2v) is 6.50. The van der Waals surface area contributed by atoms with Crippen LogP contribution in [0, 0.1) is 20.8 Å². The first-order valence-electron chi connectivity index (χ1n) is 5.82. The van der Waals surface area contributed by atoms with Crippen molar-refractivity contribution in [2.24, 2.45) is 0 Å². The van der Waals surface area contributed by atoms with E-state index in [-0.39, 0.29) is 0 Å². The van der Waals surface area contributed by atoms with Crippen LogP contribution in [0.5, 0.6) is 5.75 Å². The van der Waals surface area contributed by atoms with Gasteiger partial charge in [-0.15, -0.1) is 11.3 Å². The van der Waals surface area contributed by atoms with Gasteiger partial charge in [-0.1, -0.05) is 15.9 Å². The maximum absolute atomic E-state index is 11.1. The summed E-state index contributed by atoms with van der Waals surface area (Å²) < 4.78 is 6.64. The second kappa shape index (κ2) is 5.84. The highest BCUT2D eigenvalue weighted by atomic mass is 79.9. The highest BCUT2D eigenvalue weighted by Gasteiger charge is 2.10. The van der Waals surface area contributed by atoms with Crippen molar-refractivity contribution < 1.29 is 9.53 Å². The molecule has 0 spiro atoms. The third kappa shape index (κ3) is 3.22. The van der Waals surface area contributed by atoms with Crippen LogP contribution < -0.4 is 4.74 Å². The highest BCUT2D eigenvalue weighted by Crippen LogP contribution is 2.28. The number of carbonyl (C=O) groups excluding carboxylic acids is 1. The number of aromatic nitrogens is 1. The van der Waals surface area contributed by atoms with Crippen LogP contribution >= 0.6 is 27.3 Å². The van der Waals surface area contributed by atoms with Crippen molar-refractivity contribution >= 4 is 33.6 Å². The molecule has 2 aromatic rings. The topological polar surface area (TPSA) is 39.2 Å². The Bertz CT molecular complexity index is 603. The summed E-state index contributed by atoms with van der Waals surface area (Å²) in [6.07, 6.45) is 0.811. The number of nitrogens with zero attached hydrogens (tertiary/aromatic N) is 1. The van der Waals surface area contributed by atoms with Crippen molar-refractivity contribution in [2.45, 2.75) is 27.4 Å². The number of carbonyl (C=O) groups is 1. The molecule has 0 amide bonds. The van der Waals surface area contributed by atoms with Crippen LogP contribution in [0.1, 0.15) is 31.5 Å². The van der Waals surface area contributed by atoms with Gasteiger partial charge in [0.2, 0.25) is 0 Å². The van der Waals surface area contributed by atoms with Crippen LogP contribution in [0.15, 0.2) is 16.6 Å². The minimum Gasteiger partial charge on any atom is -0.485 e. The van der Waals surface area contributed by atoms with Gasteiger partial charge in [-0.25, -0.2) is 4.98 Å². The first kappa shape index (κ1) is 14.2. The molecule has 1 aromatic carbocycles. The zero-order valence-corrected chi connectivity index (χ0v) is 13.4. The molecule has 0 N–H and O–H groups in total. The third-order valence-electron chi connectivity index (χ3n) is 2.81. The Morgan fingerprint density at radius 3 is 2.68 bits per heavy atom. The van der Waals surface area contributed by atoms with Crippen molar-refractivity contribution in [3.8, 4) is 5.75 Å². The lowest BCUT2D eigenvalue weighted by molar-refractivity contribution is 0.111. The Morgan fingerprint density at radius 2 is 2.11 bits per heavy atom. The van der Waals surface area contributed by atoms with E-state index in [2.05, 4.69) is 20.9 Å². The zero-order valence-electron chi connectivity index (χ0n) is 11.0. The molecule has 100 valence electrons. The fourth-order valence-corrected chi connectivity index (χ4v) is 3.21. The van der Waals surface area contributed by atoms with Crippen LogP contribution in [0.2, 0.25) is 0 Å². The van der Waals surface area contributed by atoms with Gasteiger partial charge in [-0.3, -0.25) is 4.79 Å². The van der Waals surface area contributed by atoms with Gasteiger partial charge in [0.15, 0.2) is 6.29 Å². The van der Waals surface area contributed by atoms with E-state index < -0.39 is 0 Å². The molecule has 0 saturated carbocycles. The molecule has 0 saturated heterocycles. The predicted octanol–water partition coefficient (Wildman–Crippen LogP) is 4.22. The molecule has 0 aliphatic rings. The molecular weight excluding hydrogens is 326 g/mol.